The van der Waals surface area contributed by atoms with E-state index in [9.17, 15) is 4.79 Å². The second-order valence-electron chi connectivity index (χ2n) is 8.38. The molecule has 152 valence electrons. The Balaban J connectivity index is 1.58. The zero-order valence-corrected chi connectivity index (χ0v) is 16.8. The first-order valence-electron chi connectivity index (χ1n) is 10.6. The van der Waals surface area contributed by atoms with Gasteiger partial charge in [0, 0.05) is 17.6 Å². The van der Waals surface area contributed by atoms with E-state index < -0.39 is 0 Å². The van der Waals surface area contributed by atoms with Gasteiger partial charge in [0.2, 0.25) is 5.89 Å². The van der Waals surface area contributed by atoms with Gasteiger partial charge in [-0.25, -0.2) is 14.8 Å². The maximum Gasteiger partial charge on any atom is 0.329 e. The summed E-state index contributed by atoms with van der Waals surface area (Å²) in [6.45, 7) is 2.55. The molecule has 1 fully saturated rings. The highest BCUT2D eigenvalue weighted by Crippen LogP contribution is 2.36. The Kier molecular flexibility index (Phi) is 3.84. The molecule has 1 aliphatic rings. The standard InChI is InChI=1S/C23H23N5O2/c1-14-6-2-4-8-17(14)28-21-15-10-11-24-22(15)25-12-18(21)27(23(28)29)13-20-26-16-7-3-5-9-19(16)30-20/h3,5,7,9-12,14,17H,2,4,6,8,13H2,1H3,(H,24,25)/t14-,17+/m1/s1. The Morgan fingerprint density at radius 1 is 1.20 bits per heavy atom. The molecule has 2 atom stereocenters. The van der Waals surface area contributed by atoms with Crippen LogP contribution < -0.4 is 5.69 Å². The highest BCUT2D eigenvalue weighted by atomic mass is 16.3. The van der Waals surface area contributed by atoms with E-state index in [0.717, 1.165) is 52.4 Å². The van der Waals surface area contributed by atoms with E-state index in [1.165, 1.54) is 6.42 Å². The summed E-state index contributed by atoms with van der Waals surface area (Å²) >= 11 is 0. The van der Waals surface area contributed by atoms with Crippen LogP contribution in [0.1, 0.15) is 44.5 Å². The summed E-state index contributed by atoms with van der Waals surface area (Å²) in [5, 5.41) is 0.985. The molecule has 4 heterocycles. The van der Waals surface area contributed by atoms with Gasteiger partial charge in [0.15, 0.2) is 5.58 Å². The lowest BCUT2D eigenvalue weighted by Gasteiger charge is -2.29. The fourth-order valence-electron chi connectivity index (χ4n) is 5.03. The molecule has 0 spiro atoms. The summed E-state index contributed by atoms with van der Waals surface area (Å²) in [5.41, 5.74) is 4.11. The Hall–Kier alpha value is -3.35. The van der Waals surface area contributed by atoms with E-state index in [1.807, 2.05) is 41.1 Å². The van der Waals surface area contributed by atoms with Gasteiger partial charge in [-0.2, -0.15) is 0 Å². The number of nitrogens with one attached hydrogen (secondary N) is 1. The molecule has 6 rings (SSSR count). The smallest absolute Gasteiger partial charge is 0.329 e. The minimum Gasteiger partial charge on any atom is -0.439 e. The number of aromatic nitrogens is 5. The number of nitrogens with zero attached hydrogens (tertiary/aromatic N) is 4. The monoisotopic (exact) mass is 401 g/mol. The molecule has 1 N–H and O–H groups in total. The predicted octanol–water partition coefficient (Wildman–Crippen LogP) is 4.62. The number of hydrogen-bond acceptors (Lipinski definition) is 4. The minimum atomic E-state index is -0.0125. The first-order valence-corrected chi connectivity index (χ1v) is 10.6. The van der Waals surface area contributed by atoms with Gasteiger partial charge in [-0.05, 0) is 37.0 Å². The first-order chi connectivity index (χ1) is 14.7. The van der Waals surface area contributed by atoms with Crippen molar-refractivity contribution in [1.29, 1.82) is 0 Å². The van der Waals surface area contributed by atoms with Crippen LogP contribution in [0.25, 0.3) is 33.2 Å². The zero-order chi connectivity index (χ0) is 20.2. The predicted molar refractivity (Wildman–Crippen MR) is 116 cm³/mol. The minimum absolute atomic E-state index is 0.0125. The molecule has 5 aromatic rings. The third-order valence-corrected chi connectivity index (χ3v) is 6.54. The topological polar surface area (TPSA) is 81.6 Å². The number of imidazole rings is 1. The number of H-pyrrole nitrogens is 1. The fraction of sp³-hybridized carbons (Fsp3) is 0.348. The summed E-state index contributed by atoms with van der Waals surface area (Å²) in [5.74, 6) is 0.991. The second-order valence-corrected chi connectivity index (χ2v) is 8.38. The highest BCUT2D eigenvalue weighted by Gasteiger charge is 2.29. The van der Waals surface area contributed by atoms with Crippen LogP contribution in [0.5, 0.6) is 0 Å². The van der Waals surface area contributed by atoms with E-state index in [-0.39, 0.29) is 18.3 Å². The third-order valence-electron chi connectivity index (χ3n) is 6.54. The van der Waals surface area contributed by atoms with Crippen molar-refractivity contribution < 1.29 is 4.42 Å². The average molecular weight is 401 g/mol. The van der Waals surface area contributed by atoms with Crippen LogP contribution >= 0.6 is 0 Å². The van der Waals surface area contributed by atoms with Gasteiger partial charge in [-0.15, -0.1) is 0 Å². The Morgan fingerprint density at radius 3 is 2.93 bits per heavy atom. The van der Waals surface area contributed by atoms with Crippen molar-refractivity contribution in [1.82, 2.24) is 24.1 Å². The third kappa shape index (κ3) is 2.54. The van der Waals surface area contributed by atoms with Gasteiger partial charge >= 0.3 is 5.69 Å². The molecule has 1 aliphatic carbocycles. The maximum atomic E-state index is 13.7. The van der Waals surface area contributed by atoms with Crippen LogP contribution in [-0.4, -0.2) is 24.1 Å². The number of fused-ring (bicyclic) bond motifs is 4. The second kappa shape index (κ2) is 6.58. The van der Waals surface area contributed by atoms with Crippen molar-refractivity contribution in [3.63, 3.8) is 0 Å². The quantitative estimate of drug-likeness (QED) is 0.478. The average Bonchev–Trinajstić information content (AvgIpc) is 3.45. The van der Waals surface area contributed by atoms with E-state index in [0.29, 0.717) is 11.8 Å². The number of hydrogen-bond donors (Lipinski definition) is 1. The Labute approximate surface area is 172 Å². The molecule has 0 aliphatic heterocycles. The lowest BCUT2D eigenvalue weighted by Crippen LogP contribution is -2.32. The summed E-state index contributed by atoms with van der Waals surface area (Å²) in [6, 6.07) is 9.88. The number of pyridine rings is 1. The van der Waals surface area contributed by atoms with Gasteiger partial charge in [0.1, 0.15) is 17.7 Å². The van der Waals surface area contributed by atoms with Crippen LogP contribution in [0.15, 0.2) is 51.9 Å². The van der Waals surface area contributed by atoms with Crippen molar-refractivity contribution in [2.75, 3.05) is 0 Å². The Morgan fingerprint density at radius 2 is 2.07 bits per heavy atom. The van der Waals surface area contributed by atoms with Gasteiger partial charge in [0.05, 0.1) is 17.2 Å². The van der Waals surface area contributed by atoms with Crippen molar-refractivity contribution in [3.05, 3.63) is 59.1 Å². The van der Waals surface area contributed by atoms with Crippen LogP contribution in [-0.2, 0) is 6.54 Å². The van der Waals surface area contributed by atoms with E-state index in [1.54, 1.807) is 10.8 Å². The number of oxazole rings is 1. The normalized spacial score (nSPS) is 19.9. The van der Waals surface area contributed by atoms with Gasteiger partial charge in [-0.1, -0.05) is 31.9 Å². The molecular formula is C23H23N5O2. The van der Waals surface area contributed by atoms with Crippen LogP contribution in [0.3, 0.4) is 0 Å². The molecule has 0 unspecified atom stereocenters. The van der Waals surface area contributed by atoms with Gasteiger partial charge in [0.25, 0.3) is 0 Å². The highest BCUT2D eigenvalue weighted by molar-refractivity contribution is 6.01. The molecule has 0 saturated heterocycles. The lowest BCUT2D eigenvalue weighted by molar-refractivity contribution is 0.256. The zero-order valence-electron chi connectivity index (χ0n) is 16.8. The lowest BCUT2D eigenvalue weighted by atomic mass is 9.85. The number of para-hydroxylation sites is 2. The van der Waals surface area contributed by atoms with Crippen molar-refractivity contribution in [2.45, 2.75) is 45.2 Å². The number of benzene rings is 1. The van der Waals surface area contributed by atoms with Crippen molar-refractivity contribution in [2.24, 2.45) is 5.92 Å². The number of aromatic amines is 1. The molecule has 0 radical (unpaired) electrons. The SMILES string of the molecule is C[C@@H]1CCCC[C@@H]1n1c(=O)n(Cc2nc3ccccc3o2)c2cnc3[nH]ccc3c21. The van der Waals surface area contributed by atoms with Gasteiger partial charge in [-0.3, -0.25) is 9.13 Å². The summed E-state index contributed by atoms with van der Waals surface area (Å²) in [6.07, 6.45) is 8.24. The first kappa shape index (κ1) is 17.5. The van der Waals surface area contributed by atoms with Crippen LogP contribution in [0.2, 0.25) is 0 Å². The number of rotatable bonds is 3. The Bertz CT molecular complexity index is 1400. The molecular weight excluding hydrogens is 378 g/mol. The molecule has 1 saturated carbocycles. The molecule has 30 heavy (non-hydrogen) atoms. The van der Waals surface area contributed by atoms with E-state index in [2.05, 4.69) is 21.9 Å². The van der Waals surface area contributed by atoms with E-state index in [4.69, 9.17) is 4.42 Å². The summed E-state index contributed by atoms with van der Waals surface area (Å²) in [7, 11) is 0. The summed E-state index contributed by atoms with van der Waals surface area (Å²) in [4.78, 5) is 26.1. The largest absolute Gasteiger partial charge is 0.439 e. The molecule has 4 aromatic heterocycles. The van der Waals surface area contributed by atoms with E-state index >= 15 is 0 Å². The van der Waals surface area contributed by atoms with Crippen molar-refractivity contribution >= 4 is 33.2 Å². The molecule has 0 amide bonds. The molecule has 1 aromatic carbocycles. The van der Waals surface area contributed by atoms with Gasteiger partial charge < -0.3 is 9.40 Å². The van der Waals surface area contributed by atoms with Crippen molar-refractivity contribution in [3.8, 4) is 0 Å². The molecule has 7 nitrogen and oxygen atoms in total. The fourth-order valence-corrected chi connectivity index (χ4v) is 5.03. The van der Waals surface area contributed by atoms with Crippen LogP contribution in [0, 0.1) is 5.92 Å². The maximum absolute atomic E-state index is 13.7. The van der Waals surface area contributed by atoms with Crippen LogP contribution in [0.4, 0.5) is 0 Å². The molecule has 7 heteroatoms. The molecule has 0 bridgehead atoms. The summed E-state index contributed by atoms with van der Waals surface area (Å²) < 4.78 is 9.70.